The fourth-order valence-electron chi connectivity index (χ4n) is 2.53. The van der Waals surface area contributed by atoms with Gasteiger partial charge >= 0.3 is 0 Å². The van der Waals surface area contributed by atoms with Gasteiger partial charge < -0.3 is 10.1 Å². The van der Waals surface area contributed by atoms with Crippen molar-refractivity contribution in [3.8, 4) is 5.75 Å². The molecule has 4 heteroatoms. The Morgan fingerprint density at radius 1 is 1.47 bits per heavy atom. The molecule has 3 nitrogen and oxygen atoms in total. The van der Waals surface area contributed by atoms with Crippen molar-refractivity contribution in [2.45, 2.75) is 38.9 Å². The topological polar surface area (TPSA) is 24.5 Å². The quantitative estimate of drug-likeness (QED) is 0.909. The van der Waals surface area contributed by atoms with Crippen LogP contribution in [-0.2, 0) is 6.54 Å². The minimum atomic E-state index is -0.290. The zero-order chi connectivity index (χ0) is 14.0. The van der Waals surface area contributed by atoms with Gasteiger partial charge in [-0.3, -0.25) is 4.90 Å². The minimum Gasteiger partial charge on any atom is -0.494 e. The molecule has 1 saturated heterocycles. The number of piperazine rings is 1. The lowest BCUT2D eigenvalue weighted by molar-refractivity contribution is 0.0976. The number of halogens is 1. The maximum absolute atomic E-state index is 13.7. The second-order valence-corrected chi connectivity index (χ2v) is 5.99. The summed E-state index contributed by atoms with van der Waals surface area (Å²) in [6, 6.07) is 5.66. The zero-order valence-corrected chi connectivity index (χ0v) is 12.2. The number of ether oxygens (including phenoxy) is 1. The van der Waals surface area contributed by atoms with Crippen LogP contribution in [-0.4, -0.2) is 36.7 Å². The van der Waals surface area contributed by atoms with Gasteiger partial charge in [-0.25, -0.2) is 4.39 Å². The lowest BCUT2D eigenvalue weighted by Crippen LogP contribution is -2.60. The molecule has 0 amide bonds. The number of nitrogens with one attached hydrogen (secondary N) is 1. The number of benzene rings is 1. The van der Waals surface area contributed by atoms with Crippen molar-refractivity contribution in [1.82, 2.24) is 10.2 Å². The Hall–Kier alpha value is -1.13. The summed E-state index contributed by atoms with van der Waals surface area (Å²) in [6.07, 6.45) is 0. The monoisotopic (exact) mass is 266 g/mol. The summed E-state index contributed by atoms with van der Waals surface area (Å²) < 4.78 is 18.6. The van der Waals surface area contributed by atoms with Gasteiger partial charge in [0.1, 0.15) is 0 Å². The number of hydrogen-bond acceptors (Lipinski definition) is 3. The first kappa shape index (κ1) is 14.3. The zero-order valence-electron chi connectivity index (χ0n) is 12.2. The van der Waals surface area contributed by atoms with Crippen LogP contribution in [0.4, 0.5) is 4.39 Å². The SMILES string of the molecule is COc1ccc(CN2CC(C)(C)NCC2C)cc1F. The molecule has 1 atom stereocenters. The van der Waals surface area contributed by atoms with Crippen LogP contribution in [0, 0.1) is 5.82 Å². The van der Waals surface area contributed by atoms with E-state index >= 15 is 0 Å². The summed E-state index contributed by atoms with van der Waals surface area (Å²) in [4.78, 5) is 2.39. The predicted molar refractivity (Wildman–Crippen MR) is 74.9 cm³/mol. The first-order chi connectivity index (χ1) is 8.91. The van der Waals surface area contributed by atoms with Crippen LogP contribution in [0.5, 0.6) is 5.75 Å². The molecular formula is C15H23FN2O. The third-order valence-corrected chi connectivity index (χ3v) is 3.70. The van der Waals surface area contributed by atoms with E-state index in [4.69, 9.17) is 4.74 Å². The van der Waals surface area contributed by atoms with Gasteiger partial charge in [-0.2, -0.15) is 0 Å². The summed E-state index contributed by atoms with van der Waals surface area (Å²) in [6.45, 7) is 9.28. The molecule has 0 aliphatic carbocycles. The third kappa shape index (κ3) is 3.45. The predicted octanol–water partition coefficient (Wildman–Crippen LogP) is 2.41. The van der Waals surface area contributed by atoms with E-state index in [1.54, 1.807) is 12.1 Å². The molecular weight excluding hydrogens is 243 g/mol. The Bertz CT molecular complexity index is 448. The van der Waals surface area contributed by atoms with Crippen LogP contribution in [0.3, 0.4) is 0 Å². The number of hydrogen-bond donors (Lipinski definition) is 1. The van der Waals surface area contributed by atoms with E-state index in [2.05, 4.69) is 31.0 Å². The van der Waals surface area contributed by atoms with Crippen LogP contribution >= 0.6 is 0 Å². The number of methoxy groups -OCH3 is 1. The maximum Gasteiger partial charge on any atom is 0.165 e. The molecule has 0 saturated carbocycles. The van der Waals surface area contributed by atoms with Crippen molar-refractivity contribution in [2.24, 2.45) is 0 Å². The van der Waals surface area contributed by atoms with Crippen molar-refractivity contribution in [3.05, 3.63) is 29.6 Å². The van der Waals surface area contributed by atoms with Crippen molar-refractivity contribution in [2.75, 3.05) is 20.2 Å². The van der Waals surface area contributed by atoms with Gasteiger partial charge in [0, 0.05) is 31.2 Å². The lowest BCUT2D eigenvalue weighted by atomic mass is 9.98. The molecule has 106 valence electrons. The molecule has 19 heavy (non-hydrogen) atoms. The molecule has 1 unspecified atom stereocenters. The summed E-state index contributed by atoms with van der Waals surface area (Å²) >= 11 is 0. The molecule has 1 aliphatic heterocycles. The van der Waals surface area contributed by atoms with Gasteiger partial charge in [0.2, 0.25) is 0 Å². The molecule has 1 aliphatic rings. The van der Waals surface area contributed by atoms with Crippen LogP contribution in [0.25, 0.3) is 0 Å². The van der Waals surface area contributed by atoms with E-state index < -0.39 is 0 Å². The van der Waals surface area contributed by atoms with Gasteiger partial charge in [0.25, 0.3) is 0 Å². The van der Waals surface area contributed by atoms with E-state index in [0.29, 0.717) is 11.8 Å². The molecule has 1 N–H and O–H groups in total. The molecule has 1 fully saturated rings. The third-order valence-electron chi connectivity index (χ3n) is 3.70. The van der Waals surface area contributed by atoms with E-state index in [9.17, 15) is 4.39 Å². The average Bonchev–Trinajstić information content (AvgIpc) is 2.34. The van der Waals surface area contributed by atoms with Crippen molar-refractivity contribution < 1.29 is 9.13 Å². The Morgan fingerprint density at radius 3 is 2.84 bits per heavy atom. The van der Waals surface area contributed by atoms with Gasteiger partial charge in [0.15, 0.2) is 11.6 Å². The summed E-state index contributed by atoms with van der Waals surface area (Å²) in [5.74, 6) is 0.0134. The summed E-state index contributed by atoms with van der Waals surface area (Å²) in [7, 11) is 1.49. The van der Waals surface area contributed by atoms with Crippen LogP contribution in [0.15, 0.2) is 18.2 Å². The summed E-state index contributed by atoms with van der Waals surface area (Å²) in [5.41, 5.74) is 1.10. The highest BCUT2D eigenvalue weighted by Crippen LogP contribution is 2.21. The molecule has 1 aromatic rings. The van der Waals surface area contributed by atoms with Gasteiger partial charge in [0.05, 0.1) is 7.11 Å². The molecule has 2 rings (SSSR count). The average molecular weight is 266 g/mol. The molecule has 0 bridgehead atoms. The van der Waals surface area contributed by atoms with Crippen molar-refractivity contribution >= 4 is 0 Å². The first-order valence-corrected chi connectivity index (χ1v) is 6.73. The lowest BCUT2D eigenvalue weighted by Gasteiger charge is -2.43. The van der Waals surface area contributed by atoms with Gasteiger partial charge in [-0.1, -0.05) is 6.07 Å². The Kier molecular flexibility index (Phi) is 4.11. The second kappa shape index (κ2) is 5.47. The van der Waals surface area contributed by atoms with Crippen LogP contribution in [0.2, 0.25) is 0 Å². The van der Waals surface area contributed by atoms with E-state index in [0.717, 1.165) is 25.2 Å². The van der Waals surface area contributed by atoms with E-state index in [1.165, 1.54) is 7.11 Å². The van der Waals surface area contributed by atoms with E-state index in [1.807, 2.05) is 6.07 Å². The summed E-state index contributed by atoms with van der Waals surface area (Å²) in [5, 5.41) is 3.52. The second-order valence-electron chi connectivity index (χ2n) is 5.99. The van der Waals surface area contributed by atoms with E-state index in [-0.39, 0.29) is 11.4 Å². The molecule has 0 aromatic heterocycles. The smallest absolute Gasteiger partial charge is 0.165 e. The highest BCUT2D eigenvalue weighted by molar-refractivity contribution is 5.29. The Labute approximate surface area is 114 Å². The largest absolute Gasteiger partial charge is 0.494 e. The highest BCUT2D eigenvalue weighted by Gasteiger charge is 2.30. The molecule has 1 heterocycles. The minimum absolute atomic E-state index is 0.109. The van der Waals surface area contributed by atoms with Crippen LogP contribution in [0.1, 0.15) is 26.3 Å². The first-order valence-electron chi connectivity index (χ1n) is 6.73. The number of rotatable bonds is 3. The van der Waals surface area contributed by atoms with Crippen LogP contribution < -0.4 is 10.1 Å². The van der Waals surface area contributed by atoms with Gasteiger partial charge in [-0.15, -0.1) is 0 Å². The fraction of sp³-hybridized carbons (Fsp3) is 0.600. The normalized spacial score (nSPS) is 23.3. The number of nitrogens with zero attached hydrogens (tertiary/aromatic N) is 1. The Balaban J connectivity index is 2.09. The van der Waals surface area contributed by atoms with Gasteiger partial charge in [-0.05, 0) is 38.5 Å². The standard InChI is InChI=1S/C15H23FN2O/c1-11-8-17-15(2,3)10-18(11)9-12-5-6-14(19-4)13(16)7-12/h5-7,11,17H,8-10H2,1-4H3. The molecule has 0 radical (unpaired) electrons. The Morgan fingerprint density at radius 2 is 2.21 bits per heavy atom. The highest BCUT2D eigenvalue weighted by atomic mass is 19.1. The van der Waals surface area contributed by atoms with Crippen molar-refractivity contribution in [1.29, 1.82) is 0 Å². The maximum atomic E-state index is 13.7. The fourth-order valence-corrected chi connectivity index (χ4v) is 2.53. The molecule has 0 spiro atoms. The van der Waals surface area contributed by atoms with Crippen molar-refractivity contribution in [3.63, 3.8) is 0 Å². The molecule has 1 aromatic carbocycles.